The molecule has 7 heteroatoms. The van der Waals surface area contributed by atoms with E-state index in [0.29, 0.717) is 27.4 Å². The summed E-state index contributed by atoms with van der Waals surface area (Å²) in [4.78, 5) is 18.1. The van der Waals surface area contributed by atoms with Gasteiger partial charge in [-0.2, -0.15) is 0 Å². The van der Waals surface area contributed by atoms with E-state index in [-0.39, 0.29) is 5.91 Å². The first kappa shape index (κ1) is 15.8. The van der Waals surface area contributed by atoms with E-state index in [2.05, 4.69) is 26.3 Å². The molecular formula is C14H14BrClN4O. The van der Waals surface area contributed by atoms with E-state index in [1.807, 2.05) is 18.2 Å². The van der Waals surface area contributed by atoms with Gasteiger partial charge in [0.1, 0.15) is 0 Å². The minimum atomic E-state index is -0.198. The minimum Gasteiger partial charge on any atom is -0.337 e. The fourth-order valence-electron chi connectivity index (χ4n) is 1.88. The average Bonchev–Trinajstić information content (AvgIpc) is 2.48. The highest BCUT2D eigenvalue weighted by atomic mass is 79.9. The molecule has 0 saturated carbocycles. The Hall–Kier alpha value is -1.63. The maximum Gasteiger partial charge on any atom is 0.257 e. The van der Waals surface area contributed by atoms with Crippen LogP contribution in [-0.4, -0.2) is 22.8 Å². The van der Waals surface area contributed by atoms with Crippen LogP contribution in [0.4, 0.5) is 5.82 Å². The van der Waals surface area contributed by atoms with Gasteiger partial charge in [-0.15, -0.1) is 0 Å². The average molecular weight is 370 g/mol. The SMILES string of the molecule is CN(Cc1ccccc1Cl)C(=O)c1cc(Br)cnc1NN. The summed E-state index contributed by atoms with van der Waals surface area (Å²) in [5.74, 6) is 5.53. The first-order valence-corrected chi connectivity index (χ1v) is 7.31. The predicted molar refractivity (Wildman–Crippen MR) is 87.0 cm³/mol. The number of hydrogen-bond donors (Lipinski definition) is 2. The quantitative estimate of drug-likeness (QED) is 0.642. The number of nitrogen functional groups attached to an aromatic ring is 1. The Kier molecular flexibility index (Phi) is 5.17. The lowest BCUT2D eigenvalue weighted by Crippen LogP contribution is -2.28. The minimum absolute atomic E-state index is 0.198. The van der Waals surface area contributed by atoms with E-state index in [4.69, 9.17) is 17.4 Å². The monoisotopic (exact) mass is 368 g/mol. The van der Waals surface area contributed by atoms with Gasteiger partial charge in [0, 0.05) is 29.3 Å². The van der Waals surface area contributed by atoms with Crippen molar-refractivity contribution in [2.75, 3.05) is 12.5 Å². The summed E-state index contributed by atoms with van der Waals surface area (Å²) in [5.41, 5.74) is 3.69. The lowest BCUT2D eigenvalue weighted by atomic mass is 10.2. The number of carbonyl (C=O) groups excluding carboxylic acids is 1. The van der Waals surface area contributed by atoms with Gasteiger partial charge in [0.25, 0.3) is 5.91 Å². The highest BCUT2D eigenvalue weighted by molar-refractivity contribution is 9.10. The number of amides is 1. The number of anilines is 1. The highest BCUT2D eigenvalue weighted by Gasteiger charge is 2.18. The van der Waals surface area contributed by atoms with Crippen LogP contribution in [0.5, 0.6) is 0 Å². The Morgan fingerprint density at radius 1 is 1.48 bits per heavy atom. The Morgan fingerprint density at radius 2 is 2.19 bits per heavy atom. The molecule has 2 aromatic rings. The zero-order chi connectivity index (χ0) is 15.4. The first-order valence-electron chi connectivity index (χ1n) is 6.14. The van der Waals surface area contributed by atoms with E-state index in [1.165, 1.54) is 0 Å². The summed E-state index contributed by atoms with van der Waals surface area (Å²) >= 11 is 9.41. The van der Waals surface area contributed by atoms with Crippen molar-refractivity contribution in [1.82, 2.24) is 9.88 Å². The molecule has 0 aliphatic carbocycles. The molecule has 0 unspecified atom stereocenters. The third-order valence-electron chi connectivity index (χ3n) is 2.93. The van der Waals surface area contributed by atoms with Gasteiger partial charge in [-0.25, -0.2) is 10.8 Å². The van der Waals surface area contributed by atoms with Crippen molar-refractivity contribution in [3.05, 3.63) is 57.2 Å². The number of pyridine rings is 1. The molecule has 0 aliphatic heterocycles. The second-order valence-electron chi connectivity index (χ2n) is 4.45. The van der Waals surface area contributed by atoms with Gasteiger partial charge in [0.15, 0.2) is 5.82 Å². The molecule has 21 heavy (non-hydrogen) atoms. The van der Waals surface area contributed by atoms with Crippen LogP contribution in [0.1, 0.15) is 15.9 Å². The molecule has 0 aliphatic rings. The zero-order valence-corrected chi connectivity index (χ0v) is 13.6. The first-order chi connectivity index (χ1) is 10.0. The molecule has 0 spiro atoms. The van der Waals surface area contributed by atoms with Crippen molar-refractivity contribution in [3.8, 4) is 0 Å². The van der Waals surface area contributed by atoms with Gasteiger partial charge in [-0.05, 0) is 33.6 Å². The Bertz CT molecular complexity index is 665. The smallest absolute Gasteiger partial charge is 0.257 e. The van der Waals surface area contributed by atoms with Crippen LogP contribution < -0.4 is 11.3 Å². The number of halogens is 2. The molecule has 0 saturated heterocycles. The lowest BCUT2D eigenvalue weighted by Gasteiger charge is -2.19. The van der Waals surface area contributed by atoms with Gasteiger partial charge >= 0.3 is 0 Å². The number of nitrogens with one attached hydrogen (secondary N) is 1. The van der Waals surface area contributed by atoms with Crippen LogP contribution in [0.25, 0.3) is 0 Å². The number of hydrogen-bond acceptors (Lipinski definition) is 4. The Balaban J connectivity index is 2.24. The van der Waals surface area contributed by atoms with Crippen molar-refractivity contribution in [2.45, 2.75) is 6.54 Å². The van der Waals surface area contributed by atoms with E-state index in [9.17, 15) is 4.79 Å². The molecule has 0 fully saturated rings. The Labute approximate surface area is 136 Å². The fourth-order valence-corrected chi connectivity index (χ4v) is 2.40. The summed E-state index contributed by atoms with van der Waals surface area (Å²) in [7, 11) is 1.70. The van der Waals surface area contributed by atoms with Gasteiger partial charge < -0.3 is 10.3 Å². The standard InChI is InChI=1S/C14H14BrClN4O/c1-20(8-9-4-2-3-5-12(9)16)14(21)11-6-10(15)7-18-13(11)19-17/h2-7H,8,17H2,1H3,(H,18,19). The summed E-state index contributed by atoms with van der Waals surface area (Å²) in [5, 5.41) is 0.627. The van der Waals surface area contributed by atoms with Crippen molar-refractivity contribution >= 4 is 39.3 Å². The predicted octanol–water partition coefficient (Wildman–Crippen LogP) is 3.06. The molecule has 5 nitrogen and oxygen atoms in total. The zero-order valence-electron chi connectivity index (χ0n) is 11.3. The molecular weight excluding hydrogens is 356 g/mol. The van der Waals surface area contributed by atoms with Crippen molar-refractivity contribution < 1.29 is 4.79 Å². The summed E-state index contributed by atoms with van der Waals surface area (Å²) in [6.07, 6.45) is 1.57. The topological polar surface area (TPSA) is 71.2 Å². The molecule has 2 rings (SSSR count). The molecule has 0 radical (unpaired) electrons. The van der Waals surface area contributed by atoms with Gasteiger partial charge in [-0.1, -0.05) is 29.8 Å². The molecule has 0 atom stereocenters. The van der Waals surface area contributed by atoms with E-state index in [0.717, 1.165) is 5.56 Å². The number of carbonyl (C=O) groups is 1. The lowest BCUT2D eigenvalue weighted by molar-refractivity contribution is 0.0785. The van der Waals surface area contributed by atoms with E-state index < -0.39 is 0 Å². The van der Waals surface area contributed by atoms with Crippen LogP contribution in [0.2, 0.25) is 5.02 Å². The number of benzene rings is 1. The summed E-state index contributed by atoms with van der Waals surface area (Å²) in [6.45, 7) is 0.398. The summed E-state index contributed by atoms with van der Waals surface area (Å²) in [6, 6.07) is 9.08. The Morgan fingerprint density at radius 3 is 2.86 bits per heavy atom. The number of rotatable bonds is 4. The molecule has 1 aromatic heterocycles. The van der Waals surface area contributed by atoms with E-state index >= 15 is 0 Å². The normalized spacial score (nSPS) is 10.3. The van der Waals surface area contributed by atoms with Crippen molar-refractivity contribution in [3.63, 3.8) is 0 Å². The highest BCUT2D eigenvalue weighted by Crippen LogP contribution is 2.21. The van der Waals surface area contributed by atoms with Crippen LogP contribution in [0.3, 0.4) is 0 Å². The molecule has 1 heterocycles. The molecule has 1 amide bonds. The largest absolute Gasteiger partial charge is 0.337 e. The number of nitrogens with two attached hydrogens (primary N) is 1. The van der Waals surface area contributed by atoms with Gasteiger partial charge in [-0.3, -0.25) is 4.79 Å². The third-order valence-corrected chi connectivity index (χ3v) is 3.74. The van der Waals surface area contributed by atoms with Gasteiger partial charge in [0.2, 0.25) is 0 Å². The fraction of sp³-hybridized carbons (Fsp3) is 0.143. The van der Waals surface area contributed by atoms with Crippen LogP contribution >= 0.6 is 27.5 Å². The second kappa shape index (κ2) is 6.89. The van der Waals surface area contributed by atoms with Gasteiger partial charge in [0.05, 0.1) is 5.56 Å². The number of aromatic nitrogens is 1. The number of hydrazine groups is 1. The van der Waals surface area contributed by atoms with Crippen LogP contribution in [0, 0.1) is 0 Å². The molecule has 0 bridgehead atoms. The molecule has 1 aromatic carbocycles. The maximum absolute atomic E-state index is 12.5. The third kappa shape index (κ3) is 3.72. The van der Waals surface area contributed by atoms with Crippen molar-refractivity contribution in [2.24, 2.45) is 5.84 Å². The van der Waals surface area contributed by atoms with Crippen LogP contribution in [-0.2, 0) is 6.54 Å². The summed E-state index contributed by atoms with van der Waals surface area (Å²) < 4.78 is 0.705. The number of nitrogens with zero attached hydrogens (tertiary/aromatic N) is 2. The second-order valence-corrected chi connectivity index (χ2v) is 5.77. The molecule has 110 valence electrons. The van der Waals surface area contributed by atoms with Crippen LogP contribution in [0.15, 0.2) is 41.0 Å². The maximum atomic E-state index is 12.5. The van der Waals surface area contributed by atoms with Crippen molar-refractivity contribution in [1.29, 1.82) is 0 Å². The van der Waals surface area contributed by atoms with E-state index in [1.54, 1.807) is 30.3 Å². The molecule has 3 N–H and O–H groups in total.